The molecule has 3 atom stereocenters. The normalized spacial score (nSPS) is 24.9. The molecule has 1 amide bonds. The number of halogens is 3. The van der Waals surface area contributed by atoms with E-state index in [0.29, 0.717) is 12.8 Å². The Kier molecular flexibility index (Phi) is 5.83. The van der Waals surface area contributed by atoms with E-state index in [1.165, 1.54) is 7.11 Å². The van der Waals surface area contributed by atoms with Crippen molar-refractivity contribution in [1.82, 2.24) is 5.32 Å². The summed E-state index contributed by atoms with van der Waals surface area (Å²) in [4.78, 5) is 22.9. The molecule has 0 aromatic rings. The number of carbonyl (C=O) groups is 2. The lowest BCUT2D eigenvalue weighted by Crippen LogP contribution is -2.42. The predicted octanol–water partition coefficient (Wildman–Crippen LogP) is 2.42. The highest BCUT2D eigenvalue weighted by molar-refractivity contribution is 5.82. The van der Waals surface area contributed by atoms with Crippen molar-refractivity contribution in [3.05, 3.63) is 0 Å². The zero-order chi connectivity index (χ0) is 15.3. The SMILES string of the molecule is COC(=O)[C@H](C)CC(=O)N[C@H]1CCC[C@@H](C(F)(F)F)C1. The van der Waals surface area contributed by atoms with E-state index in [4.69, 9.17) is 0 Å². The van der Waals surface area contributed by atoms with Crippen LogP contribution < -0.4 is 5.32 Å². The molecule has 0 unspecified atom stereocenters. The lowest BCUT2D eigenvalue weighted by atomic mass is 9.85. The van der Waals surface area contributed by atoms with Gasteiger partial charge in [0.15, 0.2) is 0 Å². The topological polar surface area (TPSA) is 55.4 Å². The summed E-state index contributed by atoms with van der Waals surface area (Å²) in [5.74, 6) is -2.85. The first-order valence-electron chi connectivity index (χ1n) is 6.68. The molecule has 7 heteroatoms. The lowest BCUT2D eigenvalue weighted by Gasteiger charge is -2.31. The first kappa shape index (κ1) is 16.8. The van der Waals surface area contributed by atoms with Crippen molar-refractivity contribution in [3.8, 4) is 0 Å². The molecule has 1 fully saturated rings. The summed E-state index contributed by atoms with van der Waals surface area (Å²) in [6, 6.07) is -0.465. The van der Waals surface area contributed by atoms with E-state index in [2.05, 4.69) is 10.1 Å². The maximum absolute atomic E-state index is 12.6. The summed E-state index contributed by atoms with van der Waals surface area (Å²) < 4.78 is 42.4. The highest BCUT2D eigenvalue weighted by atomic mass is 19.4. The van der Waals surface area contributed by atoms with Crippen LogP contribution in [0.25, 0.3) is 0 Å². The molecule has 1 aliphatic carbocycles. The van der Waals surface area contributed by atoms with Crippen LogP contribution in [0.3, 0.4) is 0 Å². The van der Waals surface area contributed by atoms with Gasteiger partial charge < -0.3 is 10.1 Å². The number of nitrogens with one attached hydrogen (secondary N) is 1. The van der Waals surface area contributed by atoms with Gasteiger partial charge in [-0.25, -0.2) is 0 Å². The molecule has 0 spiro atoms. The summed E-state index contributed by atoms with van der Waals surface area (Å²) in [7, 11) is 1.23. The third-order valence-corrected chi connectivity index (χ3v) is 3.60. The number of carbonyl (C=O) groups excluding carboxylic acids is 2. The van der Waals surface area contributed by atoms with Crippen LogP contribution in [0.15, 0.2) is 0 Å². The fraction of sp³-hybridized carbons (Fsp3) is 0.846. The van der Waals surface area contributed by atoms with Crippen LogP contribution in [-0.2, 0) is 14.3 Å². The Labute approximate surface area is 116 Å². The Morgan fingerprint density at radius 1 is 1.35 bits per heavy atom. The van der Waals surface area contributed by atoms with Crippen LogP contribution in [0.4, 0.5) is 13.2 Å². The standard InChI is InChI=1S/C13H20F3NO3/c1-8(12(19)20-2)6-11(18)17-10-5-3-4-9(7-10)13(14,15)16/h8-10H,3-7H2,1-2H3,(H,17,18)/t8-,9-,10+/m1/s1. The van der Waals surface area contributed by atoms with Crippen LogP contribution in [0.2, 0.25) is 0 Å². The van der Waals surface area contributed by atoms with Crippen LogP contribution in [-0.4, -0.2) is 31.2 Å². The van der Waals surface area contributed by atoms with E-state index in [1.54, 1.807) is 6.92 Å². The van der Waals surface area contributed by atoms with Gasteiger partial charge in [0.1, 0.15) is 0 Å². The molecule has 0 bridgehead atoms. The van der Waals surface area contributed by atoms with Crippen molar-refractivity contribution in [2.45, 2.75) is 51.2 Å². The number of ether oxygens (including phenoxy) is 1. The summed E-state index contributed by atoms with van der Waals surface area (Å²) >= 11 is 0. The summed E-state index contributed by atoms with van der Waals surface area (Å²) in [5.41, 5.74) is 0. The van der Waals surface area contributed by atoms with E-state index < -0.39 is 35.9 Å². The van der Waals surface area contributed by atoms with Crippen molar-refractivity contribution < 1.29 is 27.5 Å². The van der Waals surface area contributed by atoms with Gasteiger partial charge in [-0.1, -0.05) is 13.3 Å². The Morgan fingerprint density at radius 3 is 2.55 bits per heavy atom. The molecular weight excluding hydrogens is 275 g/mol. The molecule has 1 rings (SSSR count). The first-order chi connectivity index (χ1) is 9.24. The molecule has 116 valence electrons. The summed E-state index contributed by atoms with van der Waals surface area (Å²) in [6.07, 6.45) is -3.24. The first-order valence-corrected chi connectivity index (χ1v) is 6.68. The highest BCUT2D eigenvalue weighted by Crippen LogP contribution is 2.37. The van der Waals surface area contributed by atoms with Gasteiger partial charge in [0.05, 0.1) is 18.9 Å². The quantitative estimate of drug-likeness (QED) is 0.810. The van der Waals surface area contributed by atoms with Crippen molar-refractivity contribution in [2.24, 2.45) is 11.8 Å². The largest absolute Gasteiger partial charge is 0.469 e. The molecule has 4 nitrogen and oxygen atoms in total. The lowest BCUT2D eigenvalue weighted by molar-refractivity contribution is -0.184. The van der Waals surface area contributed by atoms with Gasteiger partial charge in [0.25, 0.3) is 0 Å². The maximum Gasteiger partial charge on any atom is 0.391 e. The third kappa shape index (κ3) is 5.02. The fourth-order valence-electron chi connectivity index (χ4n) is 2.47. The van der Waals surface area contributed by atoms with Gasteiger partial charge in [0, 0.05) is 12.5 Å². The van der Waals surface area contributed by atoms with Crippen molar-refractivity contribution in [3.63, 3.8) is 0 Å². The summed E-state index contributed by atoms with van der Waals surface area (Å²) in [6.45, 7) is 1.55. The van der Waals surface area contributed by atoms with E-state index >= 15 is 0 Å². The second-order valence-corrected chi connectivity index (χ2v) is 5.30. The Balaban J connectivity index is 2.44. The smallest absolute Gasteiger partial charge is 0.391 e. The van der Waals surface area contributed by atoms with Gasteiger partial charge in [-0.3, -0.25) is 9.59 Å². The average Bonchev–Trinajstić information content (AvgIpc) is 2.36. The Morgan fingerprint density at radius 2 is 2.00 bits per heavy atom. The second kappa shape index (κ2) is 6.95. The van der Waals surface area contributed by atoms with Gasteiger partial charge in [0.2, 0.25) is 5.91 Å². The van der Waals surface area contributed by atoms with Crippen molar-refractivity contribution >= 4 is 11.9 Å². The number of amides is 1. The molecule has 0 aromatic carbocycles. The minimum Gasteiger partial charge on any atom is -0.469 e. The Hall–Kier alpha value is -1.27. The van der Waals surface area contributed by atoms with Crippen molar-refractivity contribution in [2.75, 3.05) is 7.11 Å². The van der Waals surface area contributed by atoms with Gasteiger partial charge in [-0.15, -0.1) is 0 Å². The minimum absolute atomic E-state index is 0.0696. The van der Waals surface area contributed by atoms with Gasteiger partial charge >= 0.3 is 12.1 Å². The molecule has 0 aliphatic heterocycles. The fourth-order valence-corrected chi connectivity index (χ4v) is 2.47. The van der Waals surface area contributed by atoms with Crippen LogP contribution in [0.1, 0.15) is 39.0 Å². The Bertz CT molecular complexity index is 357. The van der Waals surface area contributed by atoms with Crippen molar-refractivity contribution in [1.29, 1.82) is 0 Å². The second-order valence-electron chi connectivity index (χ2n) is 5.30. The van der Waals surface area contributed by atoms with Gasteiger partial charge in [-0.2, -0.15) is 13.2 Å². The molecule has 20 heavy (non-hydrogen) atoms. The third-order valence-electron chi connectivity index (χ3n) is 3.60. The monoisotopic (exact) mass is 295 g/mol. The van der Waals surface area contributed by atoms with E-state index in [-0.39, 0.29) is 19.3 Å². The molecule has 0 saturated heterocycles. The highest BCUT2D eigenvalue weighted by Gasteiger charge is 2.42. The summed E-state index contributed by atoms with van der Waals surface area (Å²) in [5, 5.41) is 2.58. The van der Waals surface area contributed by atoms with E-state index in [0.717, 1.165) is 0 Å². The number of hydrogen-bond donors (Lipinski definition) is 1. The average molecular weight is 295 g/mol. The number of alkyl halides is 3. The van der Waals surface area contributed by atoms with Gasteiger partial charge in [-0.05, 0) is 19.3 Å². The van der Waals surface area contributed by atoms with E-state index in [1.807, 2.05) is 0 Å². The number of hydrogen-bond acceptors (Lipinski definition) is 3. The maximum atomic E-state index is 12.6. The molecule has 1 saturated carbocycles. The zero-order valence-corrected chi connectivity index (χ0v) is 11.6. The number of methoxy groups -OCH3 is 1. The molecule has 1 N–H and O–H groups in total. The molecule has 0 heterocycles. The van der Waals surface area contributed by atoms with Crippen LogP contribution in [0, 0.1) is 11.8 Å². The number of esters is 1. The van der Waals surface area contributed by atoms with E-state index in [9.17, 15) is 22.8 Å². The van der Waals surface area contributed by atoms with Crippen LogP contribution in [0.5, 0.6) is 0 Å². The predicted molar refractivity (Wildman–Crippen MR) is 65.7 cm³/mol. The molecule has 0 radical (unpaired) electrons. The number of rotatable bonds is 4. The minimum atomic E-state index is -4.21. The molecule has 0 aromatic heterocycles. The molecular formula is C13H20F3NO3. The van der Waals surface area contributed by atoms with Crippen LogP contribution >= 0.6 is 0 Å². The molecule has 1 aliphatic rings. The zero-order valence-electron chi connectivity index (χ0n) is 11.6.